The van der Waals surface area contributed by atoms with E-state index in [1.807, 2.05) is 6.92 Å². The fourth-order valence-electron chi connectivity index (χ4n) is 2.43. The van der Waals surface area contributed by atoms with Gasteiger partial charge in [-0.15, -0.1) is 0 Å². The Kier molecular flexibility index (Phi) is 5.49. The van der Waals surface area contributed by atoms with Crippen molar-refractivity contribution >= 4 is 34.6 Å². The van der Waals surface area contributed by atoms with Gasteiger partial charge in [0.25, 0.3) is 0 Å². The highest BCUT2D eigenvalue weighted by Gasteiger charge is 2.23. The van der Waals surface area contributed by atoms with Crippen molar-refractivity contribution < 1.29 is 14.1 Å². The Morgan fingerprint density at radius 3 is 2.54 bits per heavy atom. The van der Waals surface area contributed by atoms with E-state index in [-0.39, 0.29) is 23.3 Å². The molecule has 1 aromatic heterocycles. The van der Waals surface area contributed by atoms with Gasteiger partial charge in [-0.05, 0) is 49.4 Å². The smallest absolute Gasteiger partial charge is 0.353 e. The highest BCUT2D eigenvalue weighted by atomic mass is 19.1. The van der Waals surface area contributed by atoms with Crippen molar-refractivity contribution in [2.45, 2.75) is 6.92 Å². The molecule has 10 heteroatoms. The summed E-state index contributed by atoms with van der Waals surface area (Å²) in [5.74, 6) is -0.233. The summed E-state index contributed by atoms with van der Waals surface area (Å²) < 4.78 is 18.8. The molecule has 0 fully saturated rings. The van der Waals surface area contributed by atoms with Gasteiger partial charge < -0.3 is 21.1 Å². The zero-order valence-electron chi connectivity index (χ0n) is 14.8. The van der Waals surface area contributed by atoms with Crippen molar-refractivity contribution in [1.29, 1.82) is 0 Å². The Labute approximate surface area is 159 Å². The molecule has 0 saturated heterocycles. The number of anilines is 5. The molecule has 0 atom stereocenters. The van der Waals surface area contributed by atoms with Crippen LogP contribution in [0.1, 0.15) is 6.92 Å². The lowest BCUT2D eigenvalue weighted by molar-refractivity contribution is -0.383. The lowest BCUT2D eigenvalue weighted by Crippen LogP contribution is -2.08. The number of ether oxygens (including phenoxy) is 1. The molecule has 0 unspecified atom stereocenters. The maximum absolute atomic E-state index is 13.4. The Balaban J connectivity index is 1.92. The van der Waals surface area contributed by atoms with Crippen molar-refractivity contribution in [3.63, 3.8) is 0 Å². The molecule has 0 bridgehead atoms. The molecule has 3 rings (SSSR count). The maximum atomic E-state index is 13.4. The van der Waals surface area contributed by atoms with Gasteiger partial charge in [0.15, 0.2) is 0 Å². The van der Waals surface area contributed by atoms with Gasteiger partial charge in [0.05, 0.1) is 11.5 Å². The number of hydrogen-bond acceptors (Lipinski definition) is 8. The van der Waals surface area contributed by atoms with Crippen molar-refractivity contribution in [2.75, 3.05) is 23.0 Å². The zero-order valence-corrected chi connectivity index (χ0v) is 14.8. The van der Waals surface area contributed by atoms with Crippen molar-refractivity contribution in [2.24, 2.45) is 0 Å². The monoisotopic (exact) mass is 384 g/mol. The third-order valence-corrected chi connectivity index (χ3v) is 3.60. The number of nitrogen functional groups attached to an aromatic ring is 1. The number of benzene rings is 2. The average molecular weight is 384 g/mol. The van der Waals surface area contributed by atoms with Crippen LogP contribution in [0.25, 0.3) is 0 Å². The van der Waals surface area contributed by atoms with E-state index in [4.69, 9.17) is 10.5 Å². The first kappa shape index (κ1) is 18.8. The molecule has 9 nitrogen and oxygen atoms in total. The highest BCUT2D eigenvalue weighted by Crippen LogP contribution is 2.32. The van der Waals surface area contributed by atoms with Crippen LogP contribution in [-0.4, -0.2) is 21.5 Å². The molecule has 0 radical (unpaired) electrons. The maximum Gasteiger partial charge on any atom is 0.353 e. The largest absolute Gasteiger partial charge is 0.494 e. The quantitative estimate of drug-likeness (QED) is 0.412. The second-order valence-corrected chi connectivity index (χ2v) is 5.60. The summed E-state index contributed by atoms with van der Waals surface area (Å²) in [4.78, 5) is 18.7. The van der Waals surface area contributed by atoms with Crippen molar-refractivity contribution in [3.05, 3.63) is 64.5 Å². The van der Waals surface area contributed by atoms with Gasteiger partial charge >= 0.3 is 5.69 Å². The number of halogens is 1. The van der Waals surface area contributed by atoms with E-state index >= 15 is 0 Å². The summed E-state index contributed by atoms with van der Waals surface area (Å²) >= 11 is 0. The first-order valence-corrected chi connectivity index (χ1v) is 8.30. The van der Waals surface area contributed by atoms with Crippen LogP contribution in [-0.2, 0) is 0 Å². The fraction of sp³-hybridized carbons (Fsp3) is 0.111. The predicted octanol–water partition coefficient (Wildman–Crippen LogP) is 3.99. The van der Waals surface area contributed by atoms with Crippen LogP contribution < -0.4 is 21.1 Å². The minimum Gasteiger partial charge on any atom is -0.494 e. The van der Waals surface area contributed by atoms with Crippen LogP contribution in [0.5, 0.6) is 5.75 Å². The van der Waals surface area contributed by atoms with Gasteiger partial charge in [0.1, 0.15) is 11.6 Å². The molecule has 0 aliphatic carbocycles. The molecule has 0 amide bonds. The topological polar surface area (TPSA) is 128 Å². The molecule has 4 N–H and O–H groups in total. The Hall–Kier alpha value is -3.95. The second kappa shape index (κ2) is 8.16. The van der Waals surface area contributed by atoms with Gasteiger partial charge in [0, 0.05) is 11.4 Å². The SMILES string of the molecule is CCOc1ccc(Nc2nc(N)c([N+](=O)[O-])c(Nc3cccc(F)c3)n2)cc1. The number of aromatic nitrogens is 2. The van der Waals surface area contributed by atoms with E-state index < -0.39 is 16.4 Å². The lowest BCUT2D eigenvalue weighted by atomic mass is 10.3. The van der Waals surface area contributed by atoms with E-state index in [1.54, 1.807) is 30.3 Å². The van der Waals surface area contributed by atoms with Crippen LogP contribution in [0.15, 0.2) is 48.5 Å². The Morgan fingerprint density at radius 2 is 1.89 bits per heavy atom. The summed E-state index contributed by atoms with van der Waals surface area (Å²) in [6.45, 7) is 2.43. The molecule has 1 heterocycles. The number of nitrogens with one attached hydrogen (secondary N) is 2. The van der Waals surface area contributed by atoms with Crippen LogP contribution >= 0.6 is 0 Å². The van der Waals surface area contributed by atoms with Gasteiger partial charge in [-0.2, -0.15) is 9.97 Å². The molecule has 144 valence electrons. The number of nitro groups is 1. The van der Waals surface area contributed by atoms with E-state index in [9.17, 15) is 14.5 Å². The predicted molar refractivity (Wildman–Crippen MR) is 104 cm³/mol. The van der Waals surface area contributed by atoms with E-state index in [0.717, 1.165) is 0 Å². The van der Waals surface area contributed by atoms with Crippen LogP contribution in [0.3, 0.4) is 0 Å². The molecule has 28 heavy (non-hydrogen) atoms. The van der Waals surface area contributed by atoms with Gasteiger partial charge in [-0.3, -0.25) is 10.1 Å². The zero-order chi connectivity index (χ0) is 20.1. The summed E-state index contributed by atoms with van der Waals surface area (Å²) in [6.07, 6.45) is 0. The summed E-state index contributed by atoms with van der Waals surface area (Å²) in [5, 5.41) is 17.0. The molecule has 0 spiro atoms. The molecule has 2 aromatic carbocycles. The number of nitrogens with zero attached hydrogens (tertiary/aromatic N) is 3. The molecule has 0 aliphatic rings. The van der Waals surface area contributed by atoms with E-state index in [2.05, 4.69) is 20.6 Å². The lowest BCUT2D eigenvalue weighted by Gasteiger charge is -2.11. The average Bonchev–Trinajstić information content (AvgIpc) is 2.63. The summed E-state index contributed by atoms with van der Waals surface area (Å²) in [7, 11) is 0. The third kappa shape index (κ3) is 4.41. The molecule has 3 aromatic rings. The minimum absolute atomic E-state index is 0.0474. The normalized spacial score (nSPS) is 10.4. The van der Waals surface area contributed by atoms with Crippen LogP contribution in [0, 0.1) is 15.9 Å². The minimum atomic E-state index is -0.697. The van der Waals surface area contributed by atoms with E-state index in [1.165, 1.54) is 18.2 Å². The van der Waals surface area contributed by atoms with Crippen LogP contribution in [0.2, 0.25) is 0 Å². The Morgan fingerprint density at radius 1 is 1.14 bits per heavy atom. The van der Waals surface area contributed by atoms with Crippen LogP contribution in [0.4, 0.5) is 39.0 Å². The number of hydrogen-bond donors (Lipinski definition) is 3. The molecular formula is C18H17FN6O3. The van der Waals surface area contributed by atoms with E-state index in [0.29, 0.717) is 18.0 Å². The number of rotatable bonds is 7. The standard InChI is InChI=1S/C18H17FN6O3/c1-2-28-14-8-6-12(7-9-14)22-18-23-16(20)15(25(26)27)17(24-18)21-13-5-3-4-11(19)10-13/h3-10H,2H2,1H3,(H4,20,21,22,23,24). The summed E-state index contributed by atoms with van der Waals surface area (Å²) in [6, 6.07) is 12.4. The van der Waals surface area contributed by atoms with Gasteiger partial charge in [-0.25, -0.2) is 4.39 Å². The number of nitrogens with two attached hydrogens (primary N) is 1. The molecular weight excluding hydrogens is 367 g/mol. The molecule has 0 aliphatic heterocycles. The highest BCUT2D eigenvalue weighted by molar-refractivity contribution is 5.75. The fourth-order valence-corrected chi connectivity index (χ4v) is 2.43. The second-order valence-electron chi connectivity index (χ2n) is 5.60. The van der Waals surface area contributed by atoms with Crippen molar-refractivity contribution in [3.8, 4) is 5.75 Å². The summed E-state index contributed by atoms with van der Waals surface area (Å²) in [5.41, 5.74) is 6.18. The molecule has 0 saturated carbocycles. The first-order chi connectivity index (χ1) is 13.5. The van der Waals surface area contributed by atoms with Gasteiger partial charge in [0.2, 0.25) is 17.6 Å². The Bertz CT molecular complexity index is 997. The first-order valence-electron chi connectivity index (χ1n) is 8.30. The van der Waals surface area contributed by atoms with Gasteiger partial charge in [-0.1, -0.05) is 6.07 Å². The van der Waals surface area contributed by atoms with Crippen molar-refractivity contribution in [1.82, 2.24) is 9.97 Å². The third-order valence-electron chi connectivity index (χ3n) is 3.60.